The molecular weight excluding hydrogens is 288 g/mol. The molecule has 0 unspecified atom stereocenters. The van der Waals surface area contributed by atoms with Crippen LogP contribution < -0.4 is 11.2 Å². The molecular formula is C16H13ClN2O2. The highest BCUT2D eigenvalue weighted by Crippen LogP contribution is 2.13. The third-order valence-electron chi connectivity index (χ3n) is 3.50. The second-order valence-electron chi connectivity index (χ2n) is 4.88. The fourth-order valence-electron chi connectivity index (χ4n) is 2.37. The van der Waals surface area contributed by atoms with E-state index in [1.165, 1.54) is 7.05 Å². The maximum absolute atomic E-state index is 12.4. The molecule has 0 aliphatic carbocycles. The normalized spacial score (nSPS) is 11.0. The van der Waals surface area contributed by atoms with Crippen LogP contribution in [0.1, 0.15) is 5.56 Å². The third-order valence-corrected chi connectivity index (χ3v) is 3.75. The van der Waals surface area contributed by atoms with E-state index in [-0.39, 0.29) is 11.2 Å². The molecule has 0 saturated carbocycles. The first kappa shape index (κ1) is 13.6. The van der Waals surface area contributed by atoms with Crippen molar-refractivity contribution >= 4 is 22.5 Å². The predicted molar refractivity (Wildman–Crippen MR) is 84.0 cm³/mol. The van der Waals surface area contributed by atoms with Crippen molar-refractivity contribution in [3.63, 3.8) is 0 Å². The van der Waals surface area contributed by atoms with E-state index in [1.807, 2.05) is 18.2 Å². The first-order valence-corrected chi connectivity index (χ1v) is 6.89. The SMILES string of the molecule is Cn1c(=O)c2ccccc2n(Cc2ccc(Cl)cc2)c1=O. The maximum atomic E-state index is 12.4. The minimum Gasteiger partial charge on any atom is -0.289 e. The lowest BCUT2D eigenvalue weighted by molar-refractivity contribution is 0.674. The van der Waals surface area contributed by atoms with E-state index in [2.05, 4.69) is 0 Å². The topological polar surface area (TPSA) is 44.0 Å². The average Bonchev–Trinajstić information content (AvgIpc) is 2.51. The van der Waals surface area contributed by atoms with Gasteiger partial charge in [-0.3, -0.25) is 13.9 Å². The molecule has 0 fully saturated rings. The number of fused-ring (bicyclic) bond motifs is 1. The lowest BCUT2D eigenvalue weighted by atomic mass is 10.2. The average molecular weight is 301 g/mol. The van der Waals surface area contributed by atoms with Crippen LogP contribution in [0.4, 0.5) is 0 Å². The van der Waals surface area contributed by atoms with E-state index < -0.39 is 0 Å². The number of hydrogen-bond acceptors (Lipinski definition) is 2. The Hall–Kier alpha value is -2.33. The van der Waals surface area contributed by atoms with Gasteiger partial charge in [-0.25, -0.2) is 4.79 Å². The summed E-state index contributed by atoms with van der Waals surface area (Å²) in [5.41, 5.74) is 0.988. The molecule has 0 N–H and O–H groups in total. The van der Waals surface area contributed by atoms with Gasteiger partial charge in [-0.2, -0.15) is 0 Å². The van der Waals surface area contributed by atoms with E-state index >= 15 is 0 Å². The first-order chi connectivity index (χ1) is 10.1. The fraction of sp³-hybridized carbons (Fsp3) is 0.125. The van der Waals surface area contributed by atoms with Crippen LogP contribution in [0.15, 0.2) is 58.1 Å². The smallest absolute Gasteiger partial charge is 0.289 e. The Morgan fingerprint density at radius 1 is 1.00 bits per heavy atom. The Bertz CT molecular complexity index is 924. The van der Waals surface area contributed by atoms with Gasteiger partial charge in [-0.15, -0.1) is 0 Å². The van der Waals surface area contributed by atoms with Crippen LogP contribution in [0, 0.1) is 0 Å². The van der Waals surface area contributed by atoms with Crippen LogP contribution in [0.3, 0.4) is 0 Å². The maximum Gasteiger partial charge on any atom is 0.331 e. The standard InChI is InChI=1S/C16H13ClN2O2/c1-18-15(20)13-4-2-3-5-14(13)19(16(18)21)10-11-6-8-12(17)9-7-11/h2-9H,10H2,1H3. The summed E-state index contributed by atoms with van der Waals surface area (Å²) >= 11 is 5.87. The molecule has 106 valence electrons. The van der Waals surface area contributed by atoms with Crippen LogP contribution in [0.5, 0.6) is 0 Å². The van der Waals surface area contributed by atoms with E-state index in [4.69, 9.17) is 11.6 Å². The minimum absolute atomic E-state index is 0.275. The molecule has 1 heterocycles. The number of para-hydroxylation sites is 1. The highest BCUT2D eigenvalue weighted by atomic mass is 35.5. The lowest BCUT2D eigenvalue weighted by Crippen LogP contribution is -2.38. The number of rotatable bonds is 2. The van der Waals surface area contributed by atoms with Gasteiger partial charge < -0.3 is 0 Å². The molecule has 0 aliphatic rings. The van der Waals surface area contributed by atoms with Crippen molar-refractivity contribution < 1.29 is 0 Å². The molecule has 0 bridgehead atoms. The molecule has 5 heteroatoms. The number of aromatic nitrogens is 2. The van der Waals surface area contributed by atoms with Gasteiger partial charge in [-0.1, -0.05) is 35.9 Å². The molecule has 2 aromatic carbocycles. The Balaban J connectivity index is 2.25. The van der Waals surface area contributed by atoms with Crippen LogP contribution in [0.25, 0.3) is 10.9 Å². The lowest BCUT2D eigenvalue weighted by Gasteiger charge is -2.12. The predicted octanol–water partition coefficient (Wildman–Crippen LogP) is 2.40. The molecule has 0 aliphatic heterocycles. The minimum atomic E-state index is -0.325. The van der Waals surface area contributed by atoms with E-state index in [1.54, 1.807) is 34.9 Å². The van der Waals surface area contributed by atoms with Gasteiger partial charge in [0.1, 0.15) is 0 Å². The molecule has 0 radical (unpaired) electrons. The van der Waals surface area contributed by atoms with E-state index in [9.17, 15) is 9.59 Å². The molecule has 21 heavy (non-hydrogen) atoms. The van der Waals surface area contributed by atoms with E-state index in [0.29, 0.717) is 22.5 Å². The van der Waals surface area contributed by atoms with Crippen molar-refractivity contribution in [3.05, 3.63) is 80.0 Å². The molecule has 0 spiro atoms. The zero-order valence-corrected chi connectivity index (χ0v) is 12.2. The second-order valence-corrected chi connectivity index (χ2v) is 5.31. The van der Waals surface area contributed by atoms with E-state index in [0.717, 1.165) is 10.1 Å². The molecule has 3 aromatic rings. The second kappa shape index (κ2) is 5.22. The highest BCUT2D eigenvalue weighted by molar-refractivity contribution is 6.30. The quantitative estimate of drug-likeness (QED) is 0.729. The fourth-order valence-corrected chi connectivity index (χ4v) is 2.49. The van der Waals surface area contributed by atoms with Crippen molar-refractivity contribution in [1.82, 2.24) is 9.13 Å². The molecule has 0 atom stereocenters. The van der Waals surface area contributed by atoms with Gasteiger partial charge in [0.05, 0.1) is 17.4 Å². The Labute approximate surface area is 125 Å². The summed E-state index contributed by atoms with van der Waals surface area (Å²) < 4.78 is 2.73. The number of halogens is 1. The van der Waals surface area contributed by atoms with Crippen molar-refractivity contribution in [2.24, 2.45) is 7.05 Å². The van der Waals surface area contributed by atoms with Crippen molar-refractivity contribution in [3.8, 4) is 0 Å². The van der Waals surface area contributed by atoms with Gasteiger partial charge in [0.25, 0.3) is 5.56 Å². The van der Waals surface area contributed by atoms with Gasteiger partial charge in [-0.05, 0) is 29.8 Å². The summed E-state index contributed by atoms with van der Waals surface area (Å²) in [7, 11) is 1.50. The Kier molecular flexibility index (Phi) is 3.39. The molecule has 0 amide bonds. The zero-order chi connectivity index (χ0) is 15.0. The largest absolute Gasteiger partial charge is 0.331 e. The van der Waals surface area contributed by atoms with Crippen LogP contribution in [0.2, 0.25) is 5.02 Å². The van der Waals surface area contributed by atoms with Gasteiger partial charge in [0.15, 0.2) is 0 Å². The summed E-state index contributed by atoms with van der Waals surface area (Å²) in [5, 5.41) is 1.19. The highest BCUT2D eigenvalue weighted by Gasteiger charge is 2.10. The van der Waals surface area contributed by atoms with Crippen molar-refractivity contribution in [1.29, 1.82) is 0 Å². The zero-order valence-electron chi connectivity index (χ0n) is 11.4. The third kappa shape index (κ3) is 2.38. The van der Waals surface area contributed by atoms with Gasteiger partial charge in [0, 0.05) is 12.1 Å². The summed E-state index contributed by atoms with van der Waals surface area (Å²) in [6, 6.07) is 14.4. The number of nitrogens with zero attached hydrogens (tertiary/aromatic N) is 2. The van der Waals surface area contributed by atoms with Crippen LogP contribution in [-0.2, 0) is 13.6 Å². The van der Waals surface area contributed by atoms with Crippen molar-refractivity contribution in [2.45, 2.75) is 6.54 Å². The molecule has 4 nitrogen and oxygen atoms in total. The summed E-state index contributed by atoms with van der Waals surface area (Å²) in [6.45, 7) is 0.393. The number of hydrogen-bond donors (Lipinski definition) is 0. The summed E-state index contributed by atoms with van der Waals surface area (Å²) in [4.78, 5) is 24.5. The van der Waals surface area contributed by atoms with Crippen molar-refractivity contribution in [2.75, 3.05) is 0 Å². The Morgan fingerprint density at radius 3 is 2.38 bits per heavy atom. The van der Waals surface area contributed by atoms with Crippen LogP contribution >= 0.6 is 11.6 Å². The van der Waals surface area contributed by atoms with Gasteiger partial charge >= 0.3 is 5.69 Å². The first-order valence-electron chi connectivity index (χ1n) is 6.51. The molecule has 1 aromatic heterocycles. The summed E-state index contributed by atoms with van der Waals surface area (Å²) in [6.07, 6.45) is 0. The van der Waals surface area contributed by atoms with Gasteiger partial charge in [0.2, 0.25) is 0 Å². The molecule has 0 saturated heterocycles. The number of benzene rings is 2. The van der Waals surface area contributed by atoms with Crippen LogP contribution in [-0.4, -0.2) is 9.13 Å². The Morgan fingerprint density at radius 2 is 1.67 bits per heavy atom. The monoisotopic (exact) mass is 300 g/mol. The molecule has 3 rings (SSSR count). The summed E-state index contributed by atoms with van der Waals surface area (Å²) in [5.74, 6) is 0.